The number of rotatable bonds is 57. The summed E-state index contributed by atoms with van der Waals surface area (Å²) < 4.78 is 16.9. The first-order valence-corrected chi connectivity index (χ1v) is 30.8. The fourth-order valence-corrected chi connectivity index (χ4v) is 9.26. The second-order valence-electron chi connectivity index (χ2n) is 21.0. The Morgan fingerprint density at radius 1 is 0.275 bits per heavy atom. The first-order chi connectivity index (χ1) is 34.0. The molecule has 0 aliphatic rings. The van der Waals surface area contributed by atoms with Gasteiger partial charge in [0.25, 0.3) is 0 Å². The maximum absolute atomic E-state index is 12.9. The van der Waals surface area contributed by atoms with E-state index in [1.165, 1.54) is 244 Å². The monoisotopic (exact) mass is 971 g/mol. The third-order valence-electron chi connectivity index (χ3n) is 13.9. The molecule has 1 atom stereocenters. The van der Waals surface area contributed by atoms with Crippen LogP contribution in [0.2, 0.25) is 0 Å². The number of esters is 3. The van der Waals surface area contributed by atoms with Gasteiger partial charge in [-0.3, -0.25) is 14.4 Å². The largest absolute Gasteiger partial charge is 0.462 e. The molecule has 0 fully saturated rings. The highest BCUT2D eigenvalue weighted by atomic mass is 16.6. The van der Waals surface area contributed by atoms with Gasteiger partial charge < -0.3 is 14.2 Å². The molecule has 0 amide bonds. The molecule has 0 spiro atoms. The predicted molar refractivity (Wildman–Crippen MR) is 298 cm³/mol. The average Bonchev–Trinajstić information content (AvgIpc) is 3.35. The number of hydrogen-bond donors (Lipinski definition) is 0. The van der Waals surface area contributed by atoms with Crippen LogP contribution in [0.15, 0.2) is 24.3 Å². The molecule has 0 radical (unpaired) electrons. The van der Waals surface area contributed by atoms with E-state index in [9.17, 15) is 14.4 Å². The molecule has 0 aromatic rings. The Balaban J connectivity index is 4.27. The molecule has 0 aliphatic heterocycles. The second kappa shape index (κ2) is 58.5. The molecule has 0 rings (SSSR count). The van der Waals surface area contributed by atoms with E-state index in [0.29, 0.717) is 19.3 Å². The molecule has 0 bridgehead atoms. The van der Waals surface area contributed by atoms with E-state index < -0.39 is 6.10 Å². The van der Waals surface area contributed by atoms with Crippen LogP contribution in [0.4, 0.5) is 0 Å². The van der Waals surface area contributed by atoms with Gasteiger partial charge in [0.05, 0.1) is 0 Å². The van der Waals surface area contributed by atoms with E-state index in [-0.39, 0.29) is 31.1 Å². The minimum Gasteiger partial charge on any atom is -0.462 e. The summed E-state index contributed by atoms with van der Waals surface area (Å²) in [5.74, 6) is -0.850. The molecule has 406 valence electrons. The Morgan fingerprint density at radius 2 is 0.478 bits per heavy atom. The van der Waals surface area contributed by atoms with Crippen molar-refractivity contribution in [2.24, 2.45) is 0 Å². The van der Waals surface area contributed by atoms with Crippen LogP contribution in [0.3, 0.4) is 0 Å². The normalized spacial score (nSPS) is 12.1. The van der Waals surface area contributed by atoms with Gasteiger partial charge in [-0.2, -0.15) is 0 Å². The highest BCUT2D eigenvalue weighted by molar-refractivity contribution is 5.71. The highest BCUT2D eigenvalue weighted by Crippen LogP contribution is 2.17. The van der Waals surface area contributed by atoms with Crippen molar-refractivity contribution in [1.29, 1.82) is 0 Å². The van der Waals surface area contributed by atoms with Gasteiger partial charge in [0, 0.05) is 19.3 Å². The molecule has 0 aromatic heterocycles. The third-order valence-corrected chi connectivity index (χ3v) is 13.9. The molecular weight excluding hydrogens is 853 g/mol. The lowest BCUT2D eigenvalue weighted by Gasteiger charge is -2.18. The van der Waals surface area contributed by atoms with Gasteiger partial charge in [-0.15, -0.1) is 0 Å². The minimum absolute atomic E-state index is 0.0681. The molecular formula is C63H118O6. The molecule has 6 heteroatoms. The van der Waals surface area contributed by atoms with Crippen LogP contribution >= 0.6 is 0 Å². The van der Waals surface area contributed by atoms with Gasteiger partial charge in [0.1, 0.15) is 13.2 Å². The van der Waals surface area contributed by atoms with Crippen LogP contribution in [-0.4, -0.2) is 37.2 Å². The Bertz CT molecular complexity index is 1110. The lowest BCUT2D eigenvalue weighted by molar-refractivity contribution is -0.167. The van der Waals surface area contributed by atoms with Crippen LogP contribution in [0, 0.1) is 0 Å². The zero-order valence-electron chi connectivity index (χ0n) is 46.6. The standard InChI is InChI=1S/C63H118O6/c1-4-7-10-13-16-19-22-25-27-29-30-31-32-34-36-39-41-44-47-50-53-56-62(65)68-59-60(69-63(66)57-54-51-48-45-42-37-24-21-18-15-12-9-6-3)58-67-61(64)55-52-49-46-43-40-38-35-33-28-26-23-20-17-14-11-8-5-2/h25-28,60H,4-24,29-59H2,1-3H3/b27-25-,28-26-/t60-/m0/s1. The van der Waals surface area contributed by atoms with Gasteiger partial charge in [-0.05, 0) is 70.6 Å². The van der Waals surface area contributed by atoms with Crippen molar-refractivity contribution >= 4 is 17.9 Å². The zero-order valence-corrected chi connectivity index (χ0v) is 46.6. The lowest BCUT2D eigenvalue weighted by Crippen LogP contribution is -2.30. The fraction of sp³-hybridized carbons (Fsp3) is 0.889. The van der Waals surface area contributed by atoms with Crippen LogP contribution in [0.1, 0.15) is 342 Å². The van der Waals surface area contributed by atoms with E-state index in [1.54, 1.807) is 0 Å². The van der Waals surface area contributed by atoms with Crippen molar-refractivity contribution in [3.05, 3.63) is 24.3 Å². The van der Waals surface area contributed by atoms with Crippen molar-refractivity contribution < 1.29 is 28.6 Å². The Hall–Kier alpha value is -2.11. The highest BCUT2D eigenvalue weighted by Gasteiger charge is 2.19. The number of carbonyl (C=O) groups is 3. The molecule has 0 N–H and O–H groups in total. The van der Waals surface area contributed by atoms with E-state index >= 15 is 0 Å². The Kier molecular flexibility index (Phi) is 56.7. The molecule has 0 saturated heterocycles. The maximum Gasteiger partial charge on any atom is 0.306 e. The van der Waals surface area contributed by atoms with E-state index in [2.05, 4.69) is 45.1 Å². The van der Waals surface area contributed by atoms with E-state index in [0.717, 1.165) is 57.8 Å². The molecule has 0 aliphatic carbocycles. The fourth-order valence-electron chi connectivity index (χ4n) is 9.26. The third kappa shape index (κ3) is 56.7. The summed E-state index contributed by atoms with van der Waals surface area (Å²) in [7, 11) is 0. The molecule has 0 heterocycles. The van der Waals surface area contributed by atoms with Gasteiger partial charge >= 0.3 is 17.9 Å². The molecule has 0 aromatic carbocycles. The molecule has 0 unspecified atom stereocenters. The number of unbranched alkanes of at least 4 members (excludes halogenated alkanes) is 42. The van der Waals surface area contributed by atoms with Crippen LogP contribution in [0.25, 0.3) is 0 Å². The summed E-state index contributed by atoms with van der Waals surface area (Å²) in [6.07, 6.45) is 68.9. The number of hydrogen-bond acceptors (Lipinski definition) is 6. The summed E-state index contributed by atoms with van der Waals surface area (Å²) in [6.45, 7) is 6.68. The van der Waals surface area contributed by atoms with Crippen LogP contribution < -0.4 is 0 Å². The minimum atomic E-state index is -0.769. The topological polar surface area (TPSA) is 78.9 Å². The van der Waals surface area contributed by atoms with Crippen molar-refractivity contribution in [3.8, 4) is 0 Å². The summed E-state index contributed by atoms with van der Waals surface area (Å²) in [5.41, 5.74) is 0. The smallest absolute Gasteiger partial charge is 0.306 e. The van der Waals surface area contributed by atoms with E-state index in [4.69, 9.17) is 14.2 Å². The second-order valence-corrected chi connectivity index (χ2v) is 21.0. The Morgan fingerprint density at radius 3 is 0.725 bits per heavy atom. The molecule has 69 heavy (non-hydrogen) atoms. The summed E-state index contributed by atoms with van der Waals surface area (Å²) in [4.78, 5) is 38.2. The SMILES string of the molecule is CCCCCCCC/C=C\CCCCCCCCCCCCCC(=O)OC[C@H](COC(=O)CCCCCCCCC/C=C\CCCCCCCC)OC(=O)CCCCCCCCCCCCCCC. The summed E-state index contributed by atoms with van der Waals surface area (Å²) in [5, 5.41) is 0. The van der Waals surface area contributed by atoms with Crippen molar-refractivity contribution in [1.82, 2.24) is 0 Å². The predicted octanol–water partition coefficient (Wildman–Crippen LogP) is 20.7. The quantitative estimate of drug-likeness (QED) is 0.0261. The maximum atomic E-state index is 12.9. The number of allylic oxidation sites excluding steroid dienone is 4. The lowest BCUT2D eigenvalue weighted by atomic mass is 10.0. The van der Waals surface area contributed by atoms with E-state index in [1.807, 2.05) is 0 Å². The van der Waals surface area contributed by atoms with Crippen molar-refractivity contribution in [2.75, 3.05) is 13.2 Å². The molecule has 6 nitrogen and oxygen atoms in total. The van der Waals surface area contributed by atoms with Crippen molar-refractivity contribution in [2.45, 2.75) is 348 Å². The summed E-state index contributed by atoms with van der Waals surface area (Å²) >= 11 is 0. The Labute approximate surface area is 430 Å². The molecule has 0 saturated carbocycles. The van der Waals surface area contributed by atoms with Crippen LogP contribution in [-0.2, 0) is 28.6 Å². The average molecular weight is 972 g/mol. The van der Waals surface area contributed by atoms with Crippen LogP contribution in [0.5, 0.6) is 0 Å². The number of ether oxygens (including phenoxy) is 3. The van der Waals surface area contributed by atoms with Gasteiger partial charge in [-0.25, -0.2) is 0 Å². The van der Waals surface area contributed by atoms with Gasteiger partial charge in [0.15, 0.2) is 6.10 Å². The number of carbonyl (C=O) groups excluding carboxylic acids is 3. The zero-order chi connectivity index (χ0) is 50.0. The van der Waals surface area contributed by atoms with Gasteiger partial charge in [-0.1, -0.05) is 276 Å². The first-order valence-electron chi connectivity index (χ1n) is 30.8. The summed E-state index contributed by atoms with van der Waals surface area (Å²) in [6, 6.07) is 0. The van der Waals surface area contributed by atoms with Crippen molar-refractivity contribution in [3.63, 3.8) is 0 Å². The van der Waals surface area contributed by atoms with Gasteiger partial charge in [0.2, 0.25) is 0 Å². The first kappa shape index (κ1) is 66.9.